The van der Waals surface area contributed by atoms with E-state index in [-0.39, 0.29) is 5.41 Å². The highest BCUT2D eigenvalue weighted by atomic mass is 16.5. The zero-order valence-electron chi connectivity index (χ0n) is 9.17. The van der Waals surface area contributed by atoms with Gasteiger partial charge in [-0.25, -0.2) is 0 Å². The predicted molar refractivity (Wildman–Crippen MR) is 53.8 cm³/mol. The van der Waals surface area contributed by atoms with E-state index in [2.05, 4.69) is 11.8 Å². The Hall–Kier alpha value is -0.410. The van der Waals surface area contributed by atoms with Gasteiger partial charge in [0, 0.05) is 25.6 Å². The van der Waals surface area contributed by atoms with Crippen LogP contribution in [0.5, 0.6) is 0 Å². The van der Waals surface area contributed by atoms with Gasteiger partial charge in [-0.15, -0.1) is 0 Å². The minimum atomic E-state index is -0.246. The first-order valence-corrected chi connectivity index (χ1v) is 4.73. The molecule has 0 atom stereocenters. The van der Waals surface area contributed by atoms with E-state index in [1.807, 2.05) is 13.8 Å². The zero-order chi connectivity index (χ0) is 10.3. The third-order valence-corrected chi connectivity index (χ3v) is 2.01. The Balaban J connectivity index is 3.89. The summed E-state index contributed by atoms with van der Waals surface area (Å²) < 4.78 is 4.99. The molecular weight excluding hydrogens is 166 g/mol. The second-order valence-corrected chi connectivity index (χ2v) is 3.97. The smallest absolute Gasteiger partial charge is 0.126 e. The van der Waals surface area contributed by atoms with Crippen molar-refractivity contribution in [1.29, 1.82) is 0 Å². The summed E-state index contributed by atoms with van der Waals surface area (Å²) in [5.41, 5.74) is -0.246. The summed E-state index contributed by atoms with van der Waals surface area (Å²) in [6, 6.07) is 0. The van der Waals surface area contributed by atoms with Gasteiger partial charge in [0.1, 0.15) is 6.29 Å². The van der Waals surface area contributed by atoms with Gasteiger partial charge in [-0.3, -0.25) is 0 Å². The van der Waals surface area contributed by atoms with E-state index in [9.17, 15) is 4.79 Å². The molecule has 0 saturated carbocycles. The standard InChI is InChI=1S/C10H21NO2/c1-5-11(6-7-13-4)8-10(2,3)9-12/h9H,5-8H2,1-4H3. The number of rotatable bonds is 7. The fraction of sp³-hybridized carbons (Fsp3) is 0.900. The summed E-state index contributed by atoms with van der Waals surface area (Å²) in [4.78, 5) is 12.9. The molecular formula is C10H21NO2. The van der Waals surface area contributed by atoms with Crippen molar-refractivity contribution in [2.24, 2.45) is 5.41 Å². The maximum atomic E-state index is 10.7. The summed E-state index contributed by atoms with van der Waals surface area (Å²) in [6.45, 7) is 9.38. The maximum Gasteiger partial charge on any atom is 0.126 e. The molecule has 0 aliphatic heterocycles. The van der Waals surface area contributed by atoms with E-state index in [0.29, 0.717) is 0 Å². The topological polar surface area (TPSA) is 29.5 Å². The highest BCUT2D eigenvalue weighted by molar-refractivity contribution is 5.58. The van der Waals surface area contributed by atoms with Gasteiger partial charge in [-0.1, -0.05) is 20.8 Å². The van der Waals surface area contributed by atoms with Crippen molar-refractivity contribution in [1.82, 2.24) is 4.90 Å². The lowest BCUT2D eigenvalue weighted by atomic mass is 9.95. The Labute approximate surface area is 81.1 Å². The number of ether oxygens (including phenoxy) is 1. The van der Waals surface area contributed by atoms with Crippen molar-refractivity contribution in [2.75, 3.05) is 33.4 Å². The van der Waals surface area contributed by atoms with E-state index < -0.39 is 0 Å². The van der Waals surface area contributed by atoms with E-state index >= 15 is 0 Å². The molecule has 0 aromatic carbocycles. The fourth-order valence-corrected chi connectivity index (χ4v) is 1.18. The van der Waals surface area contributed by atoms with Crippen LogP contribution in [0.25, 0.3) is 0 Å². The van der Waals surface area contributed by atoms with Gasteiger partial charge in [0.2, 0.25) is 0 Å². The second-order valence-electron chi connectivity index (χ2n) is 3.97. The number of carbonyl (C=O) groups is 1. The highest BCUT2D eigenvalue weighted by Gasteiger charge is 2.19. The Morgan fingerprint density at radius 2 is 2.08 bits per heavy atom. The first-order valence-electron chi connectivity index (χ1n) is 4.73. The number of methoxy groups -OCH3 is 1. The van der Waals surface area contributed by atoms with Gasteiger partial charge in [0.05, 0.1) is 6.61 Å². The molecule has 0 amide bonds. The maximum absolute atomic E-state index is 10.7. The molecule has 3 nitrogen and oxygen atoms in total. The Kier molecular flexibility index (Phi) is 5.91. The highest BCUT2D eigenvalue weighted by Crippen LogP contribution is 2.12. The van der Waals surface area contributed by atoms with Gasteiger partial charge < -0.3 is 14.4 Å². The molecule has 13 heavy (non-hydrogen) atoms. The lowest BCUT2D eigenvalue weighted by Crippen LogP contribution is -2.37. The Morgan fingerprint density at radius 1 is 1.46 bits per heavy atom. The third kappa shape index (κ3) is 5.77. The molecule has 0 aliphatic carbocycles. The number of hydrogen-bond acceptors (Lipinski definition) is 3. The lowest BCUT2D eigenvalue weighted by molar-refractivity contribution is -0.115. The van der Waals surface area contributed by atoms with E-state index in [0.717, 1.165) is 32.5 Å². The first-order chi connectivity index (χ1) is 6.05. The van der Waals surface area contributed by atoms with E-state index in [4.69, 9.17) is 4.74 Å². The first kappa shape index (κ1) is 12.6. The number of carbonyl (C=O) groups excluding carboxylic acids is 1. The van der Waals surface area contributed by atoms with Crippen molar-refractivity contribution in [3.8, 4) is 0 Å². The molecule has 0 heterocycles. The van der Waals surface area contributed by atoms with Crippen LogP contribution in [0, 0.1) is 5.41 Å². The van der Waals surface area contributed by atoms with Gasteiger partial charge in [-0.2, -0.15) is 0 Å². The fourth-order valence-electron chi connectivity index (χ4n) is 1.18. The quantitative estimate of drug-likeness (QED) is 0.560. The number of aldehydes is 1. The van der Waals surface area contributed by atoms with Crippen LogP contribution >= 0.6 is 0 Å². The molecule has 0 spiro atoms. The molecule has 0 unspecified atom stereocenters. The molecule has 3 heteroatoms. The molecule has 0 radical (unpaired) electrons. The molecule has 0 fully saturated rings. The molecule has 0 N–H and O–H groups in total. The predicted octanol–water partition coefficient (Wildman–Crippen LogP) is 1.18. The van der Waals surface area contributed by atoms with Crippen LogP contribution in [0.4, 0.5) is 0 Å². The van der Waals surface area contributed by atoms with Crippen LogP contribution in [0.1, 0.15) is 20.8 Å². The Bertz CT molecular complexity index is 146. The third-order valence-electron chi connectivity index (χ3n) is 2.01. The van der Waals surface area contributed by atoms with Crippen LogP contribution < -0.4 is 0 Å². The largest absolute Gasteiger partial charge is 0.383 e. The van der Waals surface area contributed by atoms with Gasteiger partial charge in [0.25, 0.3) is 0 Å². The normalized spacial score (nSPS) is 12.1. The van der Waals surface area contributed by atoms with Gasteiger partial charge in [-0.05, 0) is 6.54 Å². The van der Waals surface area contributed by atoms with E-state index in [1.54, 1.807) is 7.11 Å². The summed E-state index contributed by atoms with van der Waals surface area (Å²) in [7, 11) is 1.69. The minimum Gasteiger partial charge on any atom is -0.383 e. The SMILES string of the molecule is CCN(CCOC)CC(C)(C)C=O. The molecule has 0 aromatic heterocycles. The average Bonchev–Trinajstić information content (AvgIpc) is 2.12. The minimum absolute atomic E-state index is 0.246. The number of likely N-dealkylation sites (N-methyl/N-ethyl adjacent to an activating group) is 1. The van der Waals surface area contributed by atoms with Crippen LogP contribution in [-0.4, -0.2) is 44.5 Å². The zero-order valence-corrected chi connectivity index (χ0v) is 9.17. The van der Waals surface area contributed by atoms with Crippen molar-refractivity contribution >= 4 is 6.29 Å². The van der Waals surface area contributed by atoms with Crippen molar-refractivity contribution in [2.45, 2.75) is 20.8 Å². The number of nitrogens with zero attached hydrogens (tertiary/aromatic N) is 1. The summed E-state index contributed by atoms with van der Waals surface area (Å²) >= 11 is 0. The van der Waals surface area contributed by atoms with Crippen LogP contribution in [0.3, 0.4) is 0 Å². The van der Waals surface area contributed by atoms with Crippen LogP contribution in [0.15, 0.2) is 0 Å². The lowest BCUT2D eigenvalue weighted by Gasteiger charge is -2.27. The van der Waals surface area contributed by atoms with Crippen molar-refractivity contribution in [3.63, 3.8) is 0 Å². The molecule has 0 aliphatic rings. The molecule has 0 rings (SSSR count). The van der Waals surface area contributed by atoms with Crippen LogP contribution in [-0.2, 0) is 9.53 Å². The van der Waals surface area contributed by atoms with Gasteiger partial charge >= 0.3 is 0 Å². The van der Waals surface area contributed by atoms with Gasteiger partial charge in [0.15, 0.2) is 0 Å². The average molecular weight is 187 g/mol. The van der Waals surface area contributed by atoms with Crippen molar-refractivity contribution < 1.29 is 9.53 Å². The van der Waals surface area contributed by atoms with E-state index in [1.165, 1.54) is 0 Å². The molecule has 0 saturated heterocycles. The number of hydrogen-bond donors (Lipinski definition) is 0. The Morgan fingerprint density at radius 3 is 2.46 bits per heavy atom. The monoisotopic (exact) mass is 187 g/mol. The summed E-state index contributed by atoms with van der Waals surface area (Å²) in [5.74, 6) is 0. The molecule has 0 bridgehead atoms. The molecule has 0 aromatic rings. The summed E-state index contributed by atoms with van der Waals surface area (Å²) in [6.07, 6.45) is 1.02. The van der Waals surface area contributed by atoms with Crippen LogP contribution in [0.2, 0.25) is 0 Å². The molecule has 78 valence electrons. The second kappa shape index (κ2) is 6.11. The van der Waals surface area contributed by atoms with Crippen molar-refractivity contribution in [3.05, 3.63) is 0 Å². The summed E-state index contributed by atoms with van der Waals surface area (Å²) in [5, 5.41) is 0.